The van der Waals surface area contributed by atoms with Crippen LogP contribution >= 0.6 is 11.8 Å². The number of aryl methyl sites for hydroxylation is 1. The molecule has 0 aliphatic carbocycles. The molecule has 4 rings (SSSR count). The van der Waals surface area contributed by atoms with Crippen molar-refractivity contribution in [3.8, 4) is 17.1 Å². The number of carbonyl (C=O) groups is 1. The third kappa shape index (κ3) is 4.80. The highest BCUT2D eigenvalue weighted by Crippen LogP contribution is 2.27. The second kappa shape index (κ2) is 9.95. The molecule has 8 heteroatoms. The van der Waals surface area contributed by atoms with Gasteiger partial charge >= 0.3 is 0 Å². The van der Waals surface area contributed by atoms with Gasteiger partial charge in [-0.2, -0.15) is 0 Å². The third-order valence-corrected chi connectivity index (χ3v) is 6.44. The summed E-state index contributed by atoms with van der Waals surface area (Å²) in [5.74, 6) is 2.68. The first kappa shape index (κ1) is 22.7. The van der Waals surface area contributed by atoms with Crippen molar-refractivity contribution in [2.24, 2.45) is 0 Å². The zero-order valence-corrected chi connectivity index (χ0v) is 19.8. The number of benzene rings is 1. The number of carbonyl (C=O) groups excluding carboxylic acids is 1. The number of furan rings is 1. The first-order valence-corrected chi connectivity index (χ1v) is 11.5. The van der Waals surface area contributed by atoms with Gasteiger partial charge < -0.3 is 13.7 Å². The van der Waals surface area contributed by atoms with E-state index in [1.807, 2.05) is 60.9 Å². The van der Waals surface area contributed by atoms with Crippen LogP contribution in [-0.2, 0) is 13.1 Å². The van der Waals surface area contributed by atoms with Crippen LogP contribution in [0.5, 0.6) is 5.75 Å². The lowest BCUT2D eigenvalue weighted by Gasteiger charge is -2.09. The van der Waals surface area contributed by atoms with E-state index in [1.54, 1.807) is 19.4 Å². The Morgan fingerprint density at radius 2 is 1.97 bits per heavy atom. The summed E-state index contributed by atoms with van der Waals surface area (Å²) in [6.45, 7) is 8.97. The largest absolute Gasteiger partial charge is 0.497 e. The molecule has 0 bridgehead atoms. The highest BCUT2D eigenvalue weighted by Gasteiger charge is 2.19. The lowest BCUT2D eigenvalue weighted by atomic mass is 10.2. The fraction of sp³-hybridized carbons (Fsp3) is 0.240. The number of ketones is 1. The Hall–Kier alpha value is -3.52. The summed E-state index contributed by atoms with van der Waals surface area (Å²) in [6.07, 6.45) is 3.45. The third-order valence-electron chi connectivity index (χ3n) is 5.48. The van der Waals surface area contributed by atoms with Gasteiger partial charge in [0.15, 0.2) is 16.8 Å². The van der Waals surface area contributed by atoms with E-state index in [9.17, 15) is 4.79 Å². The minimum atomic E-state index is 0.0537. The number of rotatable bonds is 10. The molecule has 0 spiro atoms. The Morgan fingerprint density at radius 3 is 2.64 bits per heavy atom. The highest BCUT2D eigenvalue weighted by molar-refractivity contribution is 7.99. The summed E-state index contributed by atoms with van der Waals surface area (Å²) >= 11 is 1.38. The van der Waals surface area contributed by atoms with Crippen molar-refractivity contribution in [3.05, 3.63) is 84.1 Å². The maximum Gasteiger partial charge on any atom is 0.192 e. The SMILES string of the molecule is C=CCn1c(SCC(=O)c2cc(C)n(Cc3ccco3)c2C)nnc1-c1ccc(OC)cc1. The van der Waals surface area contributed by atoms with Gasteiger partial charge in [0.1, 0.15) is 11.5 Å². The molecule has 0 saturated carbocycles. The van der Waals surface area contributed by atoms with Crippen LogP contribution in [0.25, 0.3) is 11.4 Å². The summed E-state index contributed by atoms with van der Waals surface area (Å²) in [5.41, 5.74) is 3.59. The van der Waals surface area contributed by atoms with Crippen LogP contribution in [0, 0.1) is 13.8 Å². The van der Waals surface area contributed by atoms with Crippen LogP contribution in [0.1, 0.15) is 27.5 Å². The first-order valence-electron chi connectivity index (χ1n) is 10.6. The number of hydrogen-bond acceptors (Lipinski definition) is 6. The van der Waals surface area contributed by atoms with E-state index in [0.717, 1.165) is 39.8 Å². The number of hydrogen-bond donors (Lipinski definition) is 0. The van der Waals surface area contributed by atoms with E-state index >= 15 is 0 Å². The topological polar surface area (TPSA) is 75.1 Å². The van der Waals surface area contributed by atoms with Crippen LogP contribution in [0.15, 0.2) is 71.0 Å². The quantitative estimate of drug-likeness (QED) is 0.184. The molecule has 0 N–H and O–H groups in total. The minimum Gasteiger partial charge on any atom is -0.497 e. The van der Waals surface area contributed by atoms with E-state index in [-0.39, 0.29) is 11.5 Å². The predicted molar refractivity (Wildman–Crippen MR) is 129 cm³/mol. The molecule has 1 aromatic carbocycles. The fourth-order valence-electron chi connectivity index (χ4n) is 3.74. The molecule has 33 heavy (non-hydrogen) atoms. The van der Waals surface area contributed by atoms with Crippen molar-refractivity contribution in [2.75, 3.05) is 12.9 Å². The zero-order chi connectivity index (χ0) is 23.4. The number of aromatic nitrogens is 4. The molecule has 0 aliphatic rings. The van der Waals surface area contributed by atoms with Gasteiger partial charge in [0.25, 0.3) is 0 Å². The smallest absolute Gasteiger partial charge is 0.192 e. The summed E-state index contributed by atoms with van der Waals surface area (Å²) in [7, 11) is 1.63. The number of ether oxygens (including phenoxy) is 1. The van der Waals surface area contributed by atoms with Crippen LogP contribution in [0.3, 0.4) is 0 Å². The van der Waals surface area contributed by atoms with E-state index in [1.165, 1.54) is 11.8 Å². The normalized spacial score (nSPS) is 11.0. The molecule has 0 radical (unpaired) electrons. The molecule has 3 aromatic heterocycles. The van der Waals surface area contributed by atoms with Crippen molar-refractivity contribution in [2.45, 2.75) is 32.1 Å². The standard InChI is InChI=1S/C25H26N4O3S/c1-5-12-28-24(19-8-10-20(31-4)11-9-19)26-27-25(28)33-16-23(30)22-14-17(2)29(18(22)3)15-21-7-6-13-32-21/h5-11,13-14H,1,12,15-16H2,2-4H3. The van der Waals surface area contributed by atoms with Crippen molar-refractivity contribution in [3.63, 3.8) is 0 Å². The molecule has 0 unspecified atom stereocenters. The number of methoxy groups -OCH3 is 1. The second-order valence-electron chi connectivity index (χ2n) is 7.60. The molecule has 0 atom stereocenters. The Labute approximate surface area is 197 Å². The maximum atomic E-state index is 13.1. The van der Waals surface area contributed by atoms with Gasteiger partial charge in [0.2, 0.25) is 0 Å². The average Bonchev–Trinajstić information content (AvgIpc) is 3.55. The molecule has 7 nitrogen and oxygen atoms in total. The summed E-state index contributed by atoms with van der Waals surface area (Å²) in [4.78, 5) is 13.1. The molecule has 0 saturated heterocycles. The maximum absolute atomic E-state index is 13.1. The number of allylic oxidation sites excluding steroid dienone is 1. The Balaban J connectivity index is 1.51. The van der Waals surface area contributed by atoms with Gasteiger partial charge in [-0.05, 0) is 56.3 Å². The van der Waals surface area contributed by atoms with Gasteiger partial charge in [-0.15, -0.1) is 16.8 Å². The van der Waals surface area contributed by atoms with Gasteiger partial charge in [0.05, 0.1) is 25.7 Å². The summed E-state index contributed by atoms with van der Waals surface area (Å²) in [6, 6.07) is 13.4. The Kier molecular flexibility index (Phi) is 6.84. The van der Waals surface area contributed by atoms with Gasteiger partial charge in [0, 0.05) is 29.1 Å². The number of thioether (sulfide) groups is 1. The molecule has 0 fully saturated rings. The molecular weight excluding hydrogens is 436 g/mol. The molecule has 4 aromatic rings. The first-order chi connectivity index (χ1) is 16.0. The second-order valence-corrected chi connectivity index (χ2v) is 8.54. The number of nitrogens with zero attached hydrogens (tertiary/aromatic N) is 4. The van der Waals surface area contributed by atoms with E-state index < -0.39 is 0 Å². The minimum absolute atomic E-state index is 0.0537. The summed E-state index contributed by atoms with van der Waals surface area (Å²) in [5, 5.41) is 9.39. The lowest BCUT2D eigenvalue weighted by Crippen LogP contribution is -2.08. The van der Waals surface area contributed by atoms with Crippen LogP contribution in [0.2, 0.25) is 0 Å². The fourth-order valence-corrected chi connectivity index (χ4v) is 4.57. The van der Waals surface area contributed by atoms with Crippen LogP contribution in [0.4, 0.5) is 0 Å². The van der Waals surface area contributed by atoms with Gasteiger partial charge in [-0.3, -0.25) is 9.36 Å². The van der Waals surface area contributed by atoms with E-state index in [0.29, 0.717) is 18.2 Å². The monoisotopic (exact) mass is 462 g/mol. The lowest BCUT2D eigenvalue weighted by molar-refractivity contribution is 0.102. The van der Waals surface area contributed by atoms with E-state index in [4.69, 9.17) is 9.15 Å². The van der Waals surface area contributed by atoms with Gasteiger partial charge in [-0.25, -0.2) is 0 Å². The van der Waals surface area contributed by atoms with E-state index in [2.05, 4.69) is 21.3 Å². The molecular formula is C25H26N4O3S. The van der Waals surface area contributed by atoms with Crippen molar-refractivity contribution >= 4 is 17.5 Å². The summed E-state index contributed by atoms with van der Waals surface area (Å²) < 4.78 is 14.8. The highest BCUT2D eigenvalue weighted by atomic mass is 32.2. The molecule has 170 valence electrons. The average molecular weight is 463 g/mol. The van der Waals surface area contributed by atoms with Crippen molar-refractivity contribution in [1.29, 1.82) is 0 Å². The predicted octanol–water partition coefficient (Wildman–Crippen LogP) is 5.17. The molecule has 3 heterocycles. The Morgan fingerprint density at radius 1 is 1.18 bits per heavy atom. The van der Waals surface area contributed by atoms with Crippen molar-refractivity contribution < 1.29 is 13.9 Å². The Bertz CT molecular complexity index is 1250. The van der Waals surface area contributed by atoms with Crippen LogP contribution in [-0.4, -0.2) is 38.0 Å². The van der Waals surface area contributed by atoms with Crippen LogP contribution < -0.4 is 4.74 Å². The zero-order valence-electron chi connectivity index (χ0n) is 18.9. The molecule has 0 amide bonds. The number of Topliss-reactive ketones (excluding diaryl/α,β-unsaturated/α-hetero) is 1. The van der Waals surface area contributed by atoms with Gasteiger partial charge in [-0.1, -0.05) is 17.8 Å². The molecule has 0 aliphatic heterocycles. The van der Waals surface area contributed by atoms with Crippen molar-refractivity contribution in [1.82, 2.24) is 19.3 Å².